The number of aryl methyl sites for hydroxylation is 1. The molecule has 5 nitrogen and oxygen atoms in total. The predicted octanol–water partition coefficient (Wildman–Crippen LogP) is 7.06. The molecule has 0 radical (unpaired) electrons. The van der Waals surface area contributed by atoms with Crippen molar-refractivity contribution in [1.29, 1.82) is 0 Å². The van der Waals surface area contributed by atoms with Crippen molar-refractivity contribution in [3.05, 3.63) is 71.5 Å². The lowest BCUT2D eigenvalue weighted by molar-refractivity contribution is -0.153. The van der Waals surface area contributed by atoms with Gasteiger partial charge in [0.25, 0.3) is 0 Å². The van der Waals surface area contributed by atoms with Gasteiger partial charge in [-0.05, 0) is 65.2 Å². The standard InChI is InChI=1S/C28H33F3N2O3/c1-5-35-26(34)27(3,4)16-8-9-17-36-24-11-7-6-10-22(24)19-33-20(2)18-32-25(33)21-12-14-23(15-13-21)28(29,30)31/h6-7,10-15,18H,5,8-9,16-17,19H2,1-4H3. The van der Waals surface area contributed by atoms with Gasteiger partial charge in [-0.3, -0.25) is 4.79 Å². The maximum atomic E-state index is 13.0. The fourth-order valence-electron chi connectivity index (χ4n) is 3.92. The van der Waals surface area contributed by atoms with Crippen molar-refractivity contribution in [3.63, 3.8) is 0 Å². The minimum absolute atomic E-state index is 0.184. The number of ether oxygens (including phenoxy) is 2. The number of carbonyl (C=O) groups is 1. The van der Waals surface area contributed by atoms with E-state index in [0.29, 0.717) is 37.6 Å². The highest BCUT2D eigenvalue weighted by atomic mass is 19.4. The number of nitrogens with zero attached hydrogens (tertiary/aromatic N) is 2. The Kier molecular flexibility index (Phi) is 8.82. The van der Waals surface area contributed by atoms with Crippen LogP contribution in [-0.4, -0.2) is 28.7 Å². The van der Waals surface area contributed by atoms with E-state index in [4.69, 9.17) is 9.47 Å². The Balaban J connectivity index is 1.66. The lowest BCUT2D eigenvalue weighted by Gasteiger charge is -2.22. The third kappa shape index (κ3) is 6.89. The van der Waals surface area contributed by atoms with Crippen LogP contribution in [0.3, 0.4) is 0 Å². The molecule has 36 heavy (non-hydrogen) atoms. The number of benzene rings is 2. The quantitative estimate of drug-likeness (QED) is 0.208. The molecule has 0 aliphatic carbocycles. The van der Waals surface area contributed by atoms with Crippen LogP contribution in [0.1, 0.15) is 56.9 Å². The van der Waals surface area contributed by atoms with Crippen molar-refractivity contribution in [2.45, 2.75) is 59.7 Å². The summed E-state index contributed by atoms with van der Waals surface area (Å²) in [6, 6.07) is 12.7. The van der Waals surface area contributed by atoms with Gasteiger partial charge in [0.2, 0.25) is 0 Å². The second-order valence-electron chi connectivity index (χ2n) is 9.40. The average molecular weight is 503 g/mol. The number of aromatic nitrogens is 2. The Labute approximate surface area is 210 Å². The van der Waals surface area contributed by atoms with Crippen LogP contribution in [0, 0.1) is 12.3 Å². The van der Waals surface area contributed by atoms with Crippen molar-refractivity contribution >= 4 is 5.97 Å². The molecule has 0 bridgehead atoms. The van der Waals surface area contributed by atoms with E-state index in [9.17, 15) is 18.0 Å². The maximum absolute atomic E-state index is 13.0. The summed E-state index contributed by atoms with van der Waals surface area (Å²) in [6.07, 6.45) is -0.344. The SMILES string of the molecule is CCOC(=O)C(C)(C)CCCCOc1ccccc1Cn1c(C)cnc1-c1ccc(C(F)(F)F)cc1. The summed E-state index contributed by atoms with van der Waals surface area (Å²) in [5.74, 6) is 1.15. The van der Waals surface area contributed by atoms with Gasteiger partial charge in [-0.15, -0.1) is 0 Å². The summed E-state index contributed by atoms with van der Waals surface area (Å²) in [4.78, 5) is 16.5. The normalized spacial score (nSPS) is 12.0. The largest absolute Gasteiger partial charge is 0.493 e. The molecular weight excluding hydrogens is 469 g/mol. The number of unbranched alkanes of at least 4 members (excludes halogenated alkanes) is 1. The van der Waals surface area contributed by atoms with Crippen molar-refractivity contribution < 1.29 is 27.4 Å². The Morgan fingerprint density at radius 2 is 1.72 bits per heavy atom. The molecule has 0 saturated carbocycles. The van der Waals surface area contributed by atoms with Gasteiger partial charge in [0, 0.05) is 23.0 Å². The van der Waals surface area contributed by atoms with Gasteiger partial charge < -0.3 is 14.0 Å². The average Bonchev–Trinajstić information content (AvgIpc) is 3.19. The summed E-state index contributed by atoms with van der Waals surface area (Å²) >= 11 is 0. The van der Waals surface area contributed by atoms with Crippen LogP contribution in [0.15, 0.2) is 54.7 Å². The summed E-state index contributed by atoms with van der Waals surface area (Å²) in [5, 5.41) is 0. The topological polar surface area (TPSA) is 53.4 Å². The van der Waals surface area contributed by atoms with Gasteiger partial charge in [0.05, 0.1) is 30.7 Å². The molecular formula is C28H33F3N2O3. The lowest BCUT2D eigenvalue weighted by Crippen LogP contribution is -2.26. The molecule has 0 unspecified atom stereocenters. The first-order valence-electron chi connectivity index (χ1n) is 12.1. The van der Waals surface area contributed by atoms with E-state index in [0.717, 1.165) is 42.0 Å². The van der Waals surface area contributed by atoms with E-state index in [1.807, 2.05) is 49.6 Å². The Hall–Kier alpha value is -3.29. The number of esters is 1. The summed E-state index contributed by atoms with van der Waals surface area (Å²) in [5.41, 5.74) is 1.23. The van der Waals surface area contributed by atoms with E-state index >= 15 is 0 Å². The Bertz CT molecular complexity index is 1150. The van der Waals surface area contributed by atoms with Crippen LogP contribution in [0.4, 0.5) is 13.2 Å². The highest BCUT2D eigenvalue weighted by Crippen LogP contribution is 2.31. The molecule has 0 amide bonds. The molecule has 8 heteroatoms. The first-order valence-corrected chi connectivity index (χ1v) is 12.1. The number of rotatable bonds is 11. The molecule has 3 rings (SSSR count). The molecule has 0 atom stereocenters. The smallest absolute Gasteiger partial charge is 0.416 e. The van der Waals surface area contributed by atoms with Gasteiger partial charge in [-0.2, -0.15) is 13.2 Å². The minimum atomic E-state index is -4.38. The van der Waals surface area contributed by atoms with E-state index in [1.54, 1.807) is 13.1 Å². The number of halogens is 3. The molecule has 194 valence electrons. The van der Waals surface area contributed by atoms with Crippen LogP contribution in [-0.2, 0) is 22.3 Å². The molecule has 3 aromatic rings. The van der Waals surface area contributed by atoms with Crippen LogP contribution in [0.2, 0.25) is 0 Å². The second kappa shape index (κ2) is 11.6. The number of carbonyl (C=O) groups excluding carboxylic acids is 1. The van der Waals surface area contributed by atoms with Gasteiger partial charge in [0.1, 0.15) is 11.6 Å². The molecule has 0 N–H and O–H groups in total. The molecule has 0 fully saturated rings. The number of para-hydroxylation sites is 1. The maximum Gasteiger partial charge on any atom is 0.416 e. The van der Waals surface area contributed by atoms with E-state index in [2.05, 4.69) is 4.98 Å². The second-order valence-corrected chi connectivity index (χ2v) is 9.40. The van der Waals surface area contributed by atoms with Crippen LogP contribution < -0.4 is 4.74 Å². The zero-order valence-electron chi connectivity index (χ0n) is 21.2. The van der Waals surface area contributed by atoms with Crippen molar-refractivity contribution in [2.24, 2.45) is 5.41 Å². The summed E-state index contributed by atoms with van der Waals surface area (Å²) in [7, 11) is 0. The van der Waals surface area contributed by atoms with Gasteiger partial charge in [0.15, 0.2) is 0 Å². The highest BCUT2D eigenvalue weighted by molar-refractivity contribution is 5.75. The number of hydrogen-bond acceptors (Lipinski definition) is 4. The van der Waals surface area contributed by atoms with Crippen LogP contribution >= 0.6 is 0 Å². The molecule has 0 aliphatic rings. The van der Waals surface area contributed by atoms with Crippen molar-refractivity contribution in [2.75, 3.05) is 13.2 Å². The van der Waals surface area contributed by atoms with E-state index in [1.165, 1.54) is 12.1 Å². The molecule has 2 aromatic carbocycles. The monoisotopic (exact) mass is 502 g/mol. The zero-order valence-corrected chi connectivity index (χ0v) is 21.2. The molecule has 1 heterocycles. The van der Waals surface area contributed by atoms with Gasteiger partial charge in [-0.1, -0.05) is 30.3 Å². The Morgan fingerprint density at radius 1 is 1.03 bits per heavy atom. The predicted molar refractivity (Wildman–Crippen MR) is 133 cm³/mol. The van der Waals surface area contributed by atoms with E-state index < -0.39 is 17.2 Å². The first-order chi connectivity index (χ1) is 17.0. The summed E-state index contributed by atoms with van der Waals surface area (Å²) < 4.78 is 52.1. The minimum Gasteiger partial charge on any atom is -0.493 e. The highest BCUT2D eigenvalue weighted by Gasteiger charge is 2.30. The third-order valence-corrected chi connectivity index (χ3v) is 6.11. The molecule has 1 aromatic heterocycles. The molecule has 0 spiro atoms. The van der Waals surface area contributed by atoms with Gasteiger partial charge >= 0.3 is 12.1 Å². The Morgan fingerprint density at radius 3 is 2.39 bits per heavy atom. The number of imidazole rings is 1. The zero-order chi connectivity index (χ0) is 26.3. The summed E-state index contributed by atoms with van der Waals surface area (Å²) in [6.45, 7) is 8.84. The molecule has 0 aliphatic heterocycles. The fraction of sp³-hybridized carbons (Fsp3) is 0.429. The number of alkyl halides is 3. The fourth-order valence-corrected chi connectivity index (χ4v) is 3.92. The van der Waals surface area contributed by atoms with Crippen LogP contribution in [0.25, 0.3) is 11.4 Å². The lowest BCUT2D eigenvalue weighted by atomic mass is 9.87. The molecule has 0 saturated heterocycles. The van der Waals surface area contributed by atoms with Crippen molar-refractivity contribution in [3.8, 4) is 17.1 Å². The number of hydrogen-bond donors (Lipinski definition) is 0. The van der Waals surface area contributed by atoms with Gasteiger partial charge in [-0.25, -0.2) is 4.98 Å². The first kappa shape index (κ1) is 27.3. The van der Waals surface area contributed by atoms with Crippen LogP contribution in [0.5, 0.6) is 5.75 Å². The van der Waals surface area contributed by atoms with Crippen molar-refractivity contribution in [1.82, 2.24) is 9.55 Å². The third-order valence-electron chi connectivity index (χ3n) is 6.11. The van der Waals surface area contributed by atoms with E-state index in [-0.39, 0.29) is 5.97 Å².